The van der Waals surface area contributed by atoms with E-state index < -0.39 is 0 Å². The number of methoxy groups -OCH3 is 2. The van der Waals surface area contributed by atoms with Gasteiger partial charge in [0, 0.05) is 18.2 Å². The Morgan fingerprint density at radius 2 is 1.95 bits per heavy atom. The van der Waals surface area contributed by atoms with Crippen molar-refractivity contribution in [2.45, 2.75) is 25.8 Å². The van der Waals surface area contributed by atoms with Crippen LogP contribution in [0.4, 0.5) is 0 Å². The molecule has 4 nitrogen and oxygen atoms in total. The van der Waals surface area contributed by atoms with Crippen molar-refractivity contribution >= 4 is 0 Å². The van der Waals surface area contributed by atoms with Crippen molar-refractivity contribution in [2.24, 2.45) is 5.92 Å². The number of piperidine rings is 1. The maximum Gasteiger partial charge on any atom is 0.123 e. The van der Waals surface area contributed by atoms with Gasteiger partial charge >= 0.3 is 0 Å². The summed E-state index contributed by atoms with van der Waals surface area (Å²) in [5.74, 6) is 2.65. The van der Waals surface area contributed by atoms with E-state index in [1.54, 1.807) is 14.2 Å². The lowest BCUT2D eigenvalue weighted by Gasteiger charge is -2.33. The number of hydrogen-bond acceptors (Lipinski definition) is 4. The van der Waals surface area contributed by atoms with Crippen LogP contribution in [0.5, 0.6) is 11.5 Å². The average molecular weight is 292 g/mol. The molecule has 0 bridgehead atoms. The largest absolute Gasteiger partial charge is 0.497 e. The predicted octanol–water partition coefficient (Wildman–Crippen LogP) is 2.70. The van der Waals surface area contributed by atoms with Gasteiger partial charge in [-0.05, 0) is 57.1 Å². The lowest BCUT2D eigenvalue weighted by atomic mass is 9.97. The SMILES string of the molecule is CNC(CN1CCC(C)CC1)c1cc(OC)ccc1OC. The number of nitrogens with one attached hydrogen (secondary N) is 1. The standard InChI is InChI=1S/C17H28N2O2/c1-13-7-9-19(10-8-13)12-16(18-2)15-11-14(20-3)5-6-17(15)21-4/h5-6,11,13,16,18H,7-10,12H2,1-4H3. The van der Waals surface area contributed by atoms with Gasteiger partial charge in [0.1, 0.15) is 11.5 Å². The van der Waals surface area contributed by atoms with Gasteiger partial charge in [-0.1, -0.05) is 6.92 Å². The zero-order chi connectivity index (χ0) is 15.2. The zero-order valence-corrected chi connectivity index (χ0v) is 13.7. The van der Waals surface area contributed by atoms with E-state index in [4.69, 9.17) is 9.47 Å². The van der Waals surface area contributed by atoms with Crippen LogP contribution in [-0.4, -0.2) is 45.8 Å². The van der Waals surface area contributed by atoms with Crippen molar-refractivity contribution in [3.8, 4) is 11.5 Å². The number of rotatable bonds is 6. The van der Waals surface area contributed by atoms with Gasteiger partial charge in [0.2, 0.25) is 0 Å². The van der Waals surface area contributed by atoms with Crippen molar-refractivity contribution in [1.82, 2.24) is 10.2 Å². The smallest absolute Gasteiger partial charge is 0.123 e. The van der Waals surface area contributed by atoms with Gasteiger partial charge in [-0.25, -0.2) is 0 Å². The second-order valence-corrected chi connectivity index (χ2v) is 5.93. The Morgan fingerprint density at radius 3 is 2.52 bits per heavy atom. The second-order valence-electron chi connectivity index (χ2n) is 5.93. The van der Waals surface area contributed by atoms with Crippen LogP contribution in [0.15, 0.2) is 18.2 Å². The molecule has 1 fully saturated rings. The van der Waals surface area contributed by atoms with Crippen LogP contribution in [0.2, 0.25) is 0 Å². The summed E-state index contributed by atoms with van der Waals surface area (Å²) in [5.41, 5.74) is 1.16. The van der Waals surface area contributed by atoms with Crippen molar-refractivity contribution < 1.29 is 9.47 Å². The number of hydrogen-bond donors (Lipinski definition) is 1. The molecule has 1 N–H and O–H groups in total. The Labute approximate surface area is 128 Å². The maximum atomic E-state index is 5.52. The molecule has 2 rings (SSSR count). The fourth-order valence-electron chi connectivity index (χ4n) is 2.96. The molecule has 4 heteroatoms. The summed E-state index contributed by atoms with van der Waals surface area (Å²) in [7, 11) is 5.43. The normalized spacial score (nSPS) is 18.5. The molecule has 0 aliphatic carbocycles. The summed E-state index contributed by atoms with van der Waals surface area (Å²) in [6.45, 7) is 5.72. The molecule has 1 aromatic carbocycles. The first-order chi connectivity index (χ1) is 10.2. The highest BCUT2D eigenvalue weighted by molar-refractivity contribution is 5.42. The summed E-state index contributed by atoms with van der Waals surface area (Å²) < 4.78 is 10.9. The number of benzene rings is 1. The Bertz CT molecular complexity index is 442. The maximum absolute atomic E-state index is 5.52. The quantitative estimate of drug-likeness (QED) is 0.874. The van der Waals surface area contributed by atoms with E-state index in [0.29, 0.717) is 0 Å². The molecule has 0 spiro atoms. The molecular weight excluding hydrogens is 264 g/mol. The van der Waals surface area contributed by atoms with Crippen LogP contribution in [0.3, 0.4) is 0 Å². The highest BCUT2D eigenvalue weighted by atomic mass is 16.5. The van der Waals surface area contributed by atoms with Gasteiger partial charge in [0.15, 0.2) is 0 Å². The third kappa shape index (κ3) is 4.11. The molecule has 1 aliphatic heterocycles. The topological polar surface area (TPSA) is 33.7 Å². The third-order valence-electron chi connectivity index (χ3n) is 4.48. The molecule has 1 heterocycles. The summed E-state index contributed by atoms with van der Waals surface area (Å²) in [5, 5.41) is 3.43. The molecular formula is C17H28N2O2. The zero-order valence-electron chi connectivity index (χ0n) is 13.7. The minimum atomic E-state index is 0.253. The van der Waals surface area contributed by atoms with Crippen molar-refractivity contribution in [3.63, 3.8) is 0 Å². The Balaban J connectivity index is 2.12. The van der Waals surface area contributed by atoms with Crippen LogP contribution in [0, 0.1) is 5.92 Å². The summed E-state index contributed by atoms with van der Waals surface area (Å²) >= 11 is 0. The van der Waals surface area contributed by atoms with E-state index >= 15 is 0 Å². The second kappa shape index (κ2) is 7.66. The number of likely N-dealkylation sites (tertiary alicyclic amines) is 1. The number of likely N-dealkylation sites (N-methyl/N-ethyl adjacent to an activating group) is 1. The molecule has 1 saturated heterocycles. The first-order valence-electron chi connectivity index (χ1n) is 7.79. The van der Waals surface area contributed by atoms with E-state index in [1.807, 2.05) is 19.2 Å². The van der Waals surface area contributed by atoms with Crippen molar-refractivity contribution in [3.05, 3.63) is 23.8 Å². The minimum absolute atomic E-state index is 0.253. The van der Waals surface area contributed by atoms with Gasteiger partial charge in [-0.2, -0.15) is 0 Å². The Hall–Kier alpha value is -1.26. The molecule has 1 atom stereocenters. The lowest BCUT2D eigenvalue weighted by Crippen LogP contribution is -2.39. The molecule has 0 aromatic heterocycles. The summed E-state index contributed by atoms with van der Waals surface area (Å²) in [6, 6.07) is 6.25. The van der Waals surface area contributed by atoms with Crippen LogP contribution < -0.4 is 14.8 Å². The highest BCUT2D eigenvalue weighted by Crippen LogP contribution is 2.30. The van der Waals surface area contributed by atoms with Crippen molar-refractivity contribution in [2.75, 3.05) is 40.9 Å². The molecule has 1 unspecified atom stereocenters. The van der Waals surface area contributed by atoms with Crippen LogP contribution in [-0.2, 0) is 0 Å². The Morgan fingerprint density at radius 1 is 1.24 bits per heavy atom. The van der Waals surface area contributed by atoms with E-state index in [0.717, 1.165) is 29.5 Å². The Kier molecular flexibility index (Phi) is 5.88. The lowest BCUT2D eigenvalue weighted by molar-refractivity contribution is 0.176. The third-order valence-corrected chi connectivity index (χ3v) is 4.48. The van der Waals surface area contributed by atoms with Crippen molar-refractivity contribution in [1.29, 1.82) is 0 Å². The molecule has 0 radical (unpaired) electrons. The average Bonchev–Trinajstić information content (AvgIpc) is 2.53. The van der Waals surface area contributed by atoms with Gasteiger partial charge in [0.05, 0.1) is 14.2 Å². The van der Waals surface area contributed by atoms with E-state index in [1.165, 1.54) is 25.9 Å². The van der Waals surface area contributed by atoms with E-state index in [-0.39, 0.29) is 6.04 Å². The van der Waals surface area contributed by atoms with E-state index in [9.17, 15) is 0 Å². The number of ether oxygens (including phenoxy) is 2. The fraction of sp³-hybridized carbons (Fsp3) is 0.647. The molecule has 21 heavy (non-hydrogen) atoms. The van der Waals surface area contributed by atoms with Crippen LogP contribution in [0.25, 0.3) is 0 Å². The highest BCUT2D eigenvalue weighted by Gasteiger charge is 2.22. The van der Waals surface area contributed by atoms with Gasteiger partial charge < -0.3 is 19.7 Å². The summed E-state index contributed by atoms with van der Waals surface area (Å²) in [6.07, 6.45) is 2.59. The van der Waals surface area contributed by atoms with Gasteiger partial charge in [-0.3, -0.25) is 0 Å². The predicted molar refractivity (Wildman–Crippen MR) is 86.2 cm³/mol. The fourth-order valence-corrected chi connectivity index (χ4v) is 2.96. The molecule has 1 aromatic rings. The minimum Gasteiger partial charge on any atom is -0.497 e. The van der Waals surface area contributed by atoms with Crippen LogP contribution in [0.1, 0.15) is 31.4 Å². The molecule has 0 saturated carbocycles. The molecule has 0 amide bonds. The summed E-state index contributed by atoms with van der Waals surface area (Å²) in [4.78, 5) is 2.54. The van der Waals surface area contributed by atoms with E-state index in [2.05, 4.69) is 23.2 Å². The van der Waals surface area contributed by atoms with Gasteiger partial charge in [-0.15, -0.1) is 0 Å². The van der Waals surface area contributed by atoms with Gasteiger partial charge in [0.25, 0.3) is 0 Å². The first kappa shape index (κ1) is 16.1. The first-order valence-corrected chi connectivity index (χ1v) is 7.79. The van der Waals surface area contributed by atoms with Crippen LogP contribution >= 0.6 is 0 Å². The monoisotopic (exact) mass is 292 g/mol. The molecule has 118 valence electrons. The number of nitrogens with zero attached hydrogens (tertiary/aromatic N) is 1. The molecule has 1 aliphatic rings.